The number of nitrogens with two attached hydrogens (primary N) is 1. The Bertz CT molecular complexity index is 544. The maximum Gasteiger partial charge on any atom is 0.139 e. The SMILES string of the molecule is CC(C)N1CCN(c2nc3c(cc2C(=N)N)CCC3)CC1. The van der Waals surface area contributed by atoms with Crippen molar-refractivity contribution in [2.24, 2.45) is 5.73 Å². The number of rotatable bonds is 3. The van der Waals surface area contributed by atoms with E-state index in [1.54, 1.807) is 0 Å². The summed E-state index contributed by atoms with van der Waals surface area (Å²) >= 11 is 0. The molecule has 0 amide bonds. The summed E-state index contributed by atoms with van der Waals surface area (Å²) in [7, 11) is 0. The first-order valence-electron chi connectivity index (χ1n) is 7.92. The Morgan fingerprint density at radius 2 is 1.95 bits per heavy atom. The molecule has 1 aromatic heterocycles. The molecule has 1 aliphatic heterocycles. The number of piperazine rings is 1. The van der Waals surface area contributed by atoms with Crippen molar-refractivity contribution < 1.29 is 0 Å². The van der Waals surface area contributed by atoms with E-state index in [0.717, 1.165) is 50.4 Å². The van der Waals surface area contributed by atoms with Crippen LogP contribution in [0.25, 0.3) is 0 Å². The monoisotopic (exact) mass is 287 g/mol. The zero-order valence-corrected chi connectivity index (χ0v) is 13.0. The van der Waals surface area contributed by atoms with Crippen LogP contribution in [0.4, 0.5) is 5.82 Å². The number of anilines is 1. The lowest BCUT2D eigenvalue weighted by Gasteiger charge is -2.38. The normalized spacial score (nSPS) is 19.1. The number of nitrogens with zero attached hydrogens (tertiary/aromatic N) is 3. The average Bonchev–Trinajstić information content (AvgIpc) is 2.93. The molecule has 1 fully saturated rings. The number of aromatic nitrogens is 1. The lowest BCUT2D eigenvalue weighted by molar-refractivity contribution is 0.209. The van der Waals surface area contributed by atoms with Crippen LogP contribution in [-0.4, -0.2) is 47.9 Å². The van der Waals surface area contributed by atoms with Crippen LogP contribution in [-0.2, 0) is 12.8 Å². The van der Waals surface area contributed by atoms with E-state index in [-0.39, 0.29) is 5.84 Å². The summed E-state index contributed by atoms with van der Waals surface area (Å²) in [6, 6.07) is 2.69. The predicted octanol–water partition coefficient (Wildman–Crippen LogP) is 1.38. The van der Waals surface area contributed by atoms with Gasteiger partial charge in [-0.15, -0.1) is 0 Å². The van der Waals surface area contributed by atoms with Crippen molar-refractivity contribution in [1.29, 1.82) is 5.41 Å². The minimum atomic E-state index is 0.137. The lowest BCUT2D eigenvalue weighted by Crippen LogP contribution is -2.49. The Kier molecular flexibility index (Phi) is 3.85. The molecule has 1 saturated heterocycles. The molecule has 0 saturated carbocycles. The molecule has 0 aromatic carbocycles. The van der Waals surface area contributed by atoms with Crippen LogP contribution in [0.1, 0.15) is 37.1 Å². The fourth-order valence-corrected chi connectivity index (χ4v) is 3.35. The lowest BCUT2D eigenvalue weighted by atomic mass is 10.1. The van der Waals surface area contributed by atoms with Crippen molar-refractivity contribution in [1.82, 2.24) is 9.88 Å². The number of fused-ring (bicyclic) bond motifs is 1. The summed E-state index contributed by atoms with van der Waals surface area (Å²) in [6.07, 6.45) is 3.31. The van der Waals surface area contributed by atoms with Crippen molar-refractivity contribution >= 4 is 11.7 Å². The molecular weight excluding hydrogens is 262 g/mol. The molecule has 1 aromatic rings. The van der Waals surface area contributed by atoms with E-state index in [4.69, 9.17) is 16.1 Å². The van der Waals surface area contributed by atoms with Gasteiger partial charge in [0.2, 0.25) is 0 Å². The molecule has 1 aliphatic carbocycles. The molecule has 0 bridgehead atoms. The molecule has 0 atom stereocenters. The number of nitrogens with one attached hydrogen (secondary N) is 1. The average molecular weight is 287 g/mol. The highest BCUT2D eigenvalue weighted by Crippen LogP contribution is 2.28. The van der Waals surface area contributed by atoms with Gasteiger partial charge in [-0.1, -0.05) is 0 Å². The van der Waals surface area contributed by atoms with Crippen molar-refractivity contribution in [3.8, 4) is 0 Å². The van der Waals surface area contributed by atoms with Crippen molar-refractivity contribution in [3.63, 3.8) is 0 Å². The number of hydrogen-bond acceptors (Lipinski definition) is 4. The van der Waals surface area contributed by atoms with Crippen LogP contribution in [0.15, 0.2) is 6.07 Å². The van der Waals surface area contributed by atoms with Gasteiger partial charge in [0.15, 0.2) is 0 Å². The number of nitrogen functional groups attached to an aromatic ring is 1. The summed E-state index contributed by atoms with van der Waals surface area (Å²) in [5.74, 6) is 1.06. The fourth-order valence-electron chi connectivity index (χ4n) is 3.35. The third-order valence-corrected chi connectivity index (χ3v) is 4.66. The van der Waals surface area contributed by atoms with Gasteiger partial charge in [-0.05, 0) is 44.7 Å². The number of hydrogen-bond donors (Lipinski definition) is 2. The van der Waals surface area contributed by atoms with E-state index in [0.29, 0.717) is 6.04 Å². The second-order valence-electron chi connectivity index (χ2n) is 6.35. The maximum absolute atomic E-state index is 7.87. The van der Waals surface area contributed by atoms with E-state index in [1.807, 2.05) is 0 Å². The van der Waals surface area contributed by atoms with Crippen LogP contribution < -0.4 is 10.6 Å². The second kappa shape index (κ2) is 5.64. The third kappa shape index (κ3) is 2.75. The summed E-state index contributed by atoms with van der Waals surface area (Å²) in [4.78, 5) is 9.64. The Morgan fingerprint density at radius 3 is 2.57 bits per heavy atom. The van der Waals surface area contributed by atoms with Crippen LogP contribution in [0.5, 0.6) is 0 Å². The molecule has 0 unspecified atom stereocenters. The first kappa shape index (κ1) is 14.3. The van der Waals surface area contributed by atoms with E-state index >= 15 is 0 Å². The summed E-state index contributed by atoms with van der Waals surface area (Å²) in [6.45, 7) is 8.50. The van der Waals surface area contributed by atoms with Gasteiger partial charge in [0, 0.05) is 37.9 Å². The third-order valence-electron chi connectivity index (χ3n) is 4.66. The number of amidine groups is 1. The highest BCUT2D eigenvalue weighted by Gasteiger charge is 2.25. The van der Waals surface area contributed by atoms with Gasteiger partial charge < -0.3 is 10.6 Å². The van der Waals surface area contributed by atoms with Gasteiger partial charge in [0.1, 0.15) is 11.7 Å². The van der Waals surface area contributed by atoms with Crippen LogP contribution in [0.2, 0.25) is 0 Å². The molecule has 21 heavy (non-hydrogen) atoms. The predicted molar refractivity (Wildman–Crippen MR) is 86.2 cm³/mol. The van der Waals surface area contributed by atoms with Gasteiger partial charge in [-0.2, -0.15) is 0 Å². The standard InChI is InChI=1S/C16H25N5/c1-11(2)20-6-8-21(9-7-20)16-13(15(17)18)10-12-4-3-5-14(12)19-16/h10-11H,3-9H2,1-2H3,(H3,17,18). The molecule has 3 rings (SSSR count). The molecule has 2 heterocycles. The van der Waals surface area contributed by atoms with Crippen LogP contribution >= 0.6 is 0 Å². The van der Waals surface area contributed by atoms with Crippen LogP contribution in [0.3, 0.4) is 0 Å². The van der Waals surface area contributed by atoms with Crippen molar-refractivity contribution in [2.75, 3.05) is 31.1 Å². The van der Waals surface area contributed by atoms with E-state index in [1.165, 1.54) is 17.7 Å². The Balaban J connectivity index is 1.86. The minimum Gasteiger partial charge on any atom is -0.384 e. The molecule has 0 spiro atoms. The zero-order valence-electron chi connectivity index (χ0n) is 13.0. The van der Waals surface area contributed by atoms with E-state index in [9.17, 15) is 0 Å². The number of pyridine rings is 1. The van der Waals surface area contributed by atoms with E-state index < -0.39 is 0 Å². The highest BCUT2D eigenvalue weighted by molar-refractivity contribution is 6.00. The summed E-state index contributed by atoms with van der Waals surface area (Å²) in [5, 5.41) is 7.87. The molecule has 5 nitrogen and oxygen atoms in total. The largest absolute Gasteiger partial charge is 0.384 e. The molecule has 5 heteroatoms. The molecule has 114 valence electrons. The second-order valence-corrected chi connectivity index (χ2v) is 6.35. The van der Waals surface area contributed by atoms with Gasteiger partial charge in [0.25, 0.3) is 0 Å². The molecule has 0 radical (unpaired) electrons. The van der Waals surface area contributed by atoms with Gasteiger partial charge >= 0.3 is 0 Å². The van der Waals surface area contributed by atoms with Gasteiger partial charge in [-0.25, -0.2) is 4.98 Å². The molecular formula is C16H25N5. The van der Waals surface area contributed by atoms with E-state index in [2.05, 4.69) is 29.7 Å². The zero-order chi connectivity index (χ0) is 15.0. The van der Waals surface area contributed by atoms with Crippen molar-refractivity contribution in [3.05, 3.63) is 22.9 Å². The first-order valence-corrected chi connectivity index (χ1v) is 7.92. The Morgan fingerprint density at radius 1 is 1.24 bits per heavy atom. The maximum atomic E-state index is 7.87. The topological polar surface area (TPSA) is 69.2 Å². The van der Waals surface area contributed by atoms with Gasteiger partial charge in [-0.3, -0.25) is 10.3 Å². The quantitative estimate of drug-likeness (QED) is 0.651. The smallest absolute Gasteiger partial charge is 0.139 e. The fraction of sp³-hybridized carbons (Fsp3) is 0.625. The summed E-state index contributed by atoms with van der Waals surface area (Å²) < 4.78 is 0. The Labute approximate surface area is 126 Å². The molecule has 3 N–H and O–H groups in total. The van der Waals surface area contributed by atoms with Crippen LogP contribution in [0, 0.1) is 5.41 Å². The minimum absolute atomic E-state index is 0.137. The highest BCUT2D eigenvalue weighted by atomic mass is 15.3. The van der Waals surface area contributed by atoms with Crippen molar-refractivity contribution in [2.45, 2.75) is 39.2 Å². The summed E-state index contributed by atoms with van der Waals surface area (Å²) in [5.41, 5.74) is 9.10. The number of aryl methyl sites for hydroxylation is 2. The first-order chi connectivity index (χ1) is 10.1. The Hall–Kier alpha value is -1.62. The molecule has 2 aliphatic rings. The van der Waals surface area contributed by atoms with Gasteiger partial charge in [0.05, 0.1) is 5.56 Å².